The summed E-state index contributed by atoms with van der Waals surface area (Å²) in [6.45, 7) is -0.998. The van der Waals surface area contributed by atoms with Gasteiger partial charge in [-0.3, -0.25) is 37.1 Å². The fourth-order valence-corrected chi connectivity index (χ4v) is 8.55. The maximum absolute atomic E-state index is 12.4. The quantitative estimate of drug-likeness (QED) is 0.133. The van der Waals surface area contributed by atoms with E-state index in [4.69, 9.17) is 34.6 Å². The molecule has 3 rings (SSSR count). The first-order valence-corrected chi connectivity index (χ1v) is 16.5. The molecule has 0 amide bonds. The second-order valence-electron chi connectivity index (χ2n) is 7.58. The lowest BCUT2D eigenvalue weighted by atomic mass is 10.1. The van der Waals surface area contributed by atoms with Crippen molar-refractivity contribution in [2.24, 2.45) is 0 Å². The van der Waals surface area contributed by atoms with Crippen LogP contribution in [0.4, 0.5) is 5.95 Å². The number of ether oxygens (including phenoxy) is 1. The van der Waals surface area contributed by atoms with Crippen LogP contribution in [-0.4, -0.2) is 90.7 Å². The van der Waals surface area contributed by atoms with Crippen LogP contribution < -0.4 is 11.3 Å². The van der Waals surface area contributed by atoms with Gasteiger partial charge in [-0.1, -0.05) is 0 Å². The van der Waals surface area contributed by atoms with Crippen LogP contribution in [0.2, 0.25) is 0 Å². The third kappa shape index (κ3) is 7.37. The SMILES string of the molecule is Nc1nc2c(ncn2[C@@H]2O[C@H](COP(=O)(O)CP(=O)(O)O)C(O)C2OP(=O)(O)CP(=O)(O)O)c(=O)[nH]1. The van der Waals surface area contributed by atoms with Gasteiger partial charge in [-0.2, -0.15) is 4.98 Å². The highest BCUT2D eigenvalue weighted by Crippen LogP contribution is 2.58. The highest BCUT2D eigenvalue weighted by atomic mass is 31.2. The number of nitrogen functional groups attached to an aromatic ring is 1. The van der Waals surface area contributed by atoms with Gasteiger partial charge in [0, 0.05) is 0 Å². The molecule has 24 heteroatoms. The van der Waals surface area contributed by atoms with Crippen LogP contribution in [0.5, 0.6) is 0 Å². The molecule has 4 unspecified atom stereocenters. The normalized spacial score (nSPS) is 26.6. The molecule has 0 saturated carbocycles. The molecule has 1 aliphatic heterocycles. The number of hydrogen-bond donors (Lipinski definition) is 9. The van der Waals surface area contributed by atoms with Crippen molar-refractivity contribution in [3.63, 3.8) is 0 Å². The monoisotopic (exact) mass is 599 g/mol. The molecule has 20 nitrogen and oxygen atoms in total. The molecular weight excluding hydrogens is 578 g/mol. The van der Waals surface area contributed by atoms with Crippen molar-refractivity contribution in [1.29, 1.82) is 0 Å². The third-order valence-electron chi connectivity index (χ3n) is 4.49. The van der Waals surface area contributed by atoms with Crippen molar-refractivity contribution in [3.8, 4) is 0 Å². The van der Waals surface area contributed by atoms with E-state index in [9.17, 15) is 37.9 Å². The molecule has 2 aromatic rings. The number of anilines is 1. The number of aromatic nitrogens is 4. The van der Waals surface area contributed by atoms with Crippen LogP contribution in [0.25, 0.3) is 11.2 Å². The first-order valence-electron chi connectivity index (χ1n) is 9.38. The van der Waals surface area contributed by atoms with E-state index in [2.05, 4.69) is 19.5 Å². The molecule has 0 aromatic carbocycles. The van der Waals surface area contributed by atoms with E-state index in [1.165, 1.54) is 0 Å². The maximum atomic E-state index is 12.4. The highest BCUT2D eigenvalue weighted by Gasteiger charge is 2.50. The summed E-state index contributed by atoms with van der Waals surface area (Å²) in [7, 11) is -20.1. The topological polar surface area (TPSA) is 327 Å². The Hall–Kier alpha value is -1.33. The van der Waals surface area contributed by atoms with E-state index in [0.717, 1.165) is 10.9 Å². The maximum Gasteiger partial charge on any atom is 0.340 e. The Morgan fingerprint density at radius 2 is 1.64 bits per heavy atom. The van der Waals surface area contributed by atoms with E-state index in [0.29, 0.717) is 0 Å². The summed E-state index contributed by atoms with van der Waals surface area (Å²) in [6, 6.07) is 0. The summed E-state index contributed by atoms with van der Waals surface area (Å²) in [5, 5.41) is 10.7. The summed E-state index contributed by atoms with van der Waals surface area (Å²) < 4.78 is 62.5. The van der Waals surface area contributed by atoms with E-state index >= 15 is 0 Å². The second-order valence-corrected chi connectivity index (χ2v) is 15.5. The van der Waals surface area contributed by atoms with E-state index < -0.39 is 78.9 Å². The van der Waals surface area contributed by atoms with Gasteiger partial charge in [-0.05, 0) is 0 Å². The number of nitrogens with one attached hydrogen (secondary N) is 1. The number of rotatable bonds is 10. The zero-order chi connectivity index (χ0) is 27.3. The molecular formula is C12H21N5O15P4. The predicted octanol–water partition coefficient (Wildman–Crippen LogP) is -2.00. The number of aromatic amines is 1. The van der Waals surface area contributed by atoms with Crippen molar-refractivity contribution >= 4 is 47.5 Å². The largest absolute Gasteiger partial charge is 0.387 e. The molecule has 0 bridgehead atoms. The van der Waals surface area contributed by atoms with Crippen molar-refractivity contribution in [2.75, 3.05) is 24.1 Å². The van der Waals surface area contributed by atoms with Crippen LogP contribution in [0.3, 0.4) is 0 Å². The molecule has 204 valence electrons. The van der Waals surface area contributed by atoms with Crippen molar-refractivity contribution < 1.29 is 66.5 Å². The lowest BCUT2D eigenvalue weighted by Crippen LogP contribution is -2.35. The Morgan fingerprint density at radius 1 is 1.06 bits per heavy atom. The first-order chi connectivity index (χ1) is 16.3. The number of aliphatic hydroxyl groups is 1. The second kappa shape index (κ2) is 10.1. The average molecular weight is 599 g/mol. The molecule has 0 spiro atoms. The van der Waals surface area contributed by atoms with Crippen LogP contribution in [0, 0.1) is 0 Å². The van der Waals surface area contributed by atoms with Crippen molar-refractivity contribution in [2.45, 2.75) is 24.5 Å². The number of fused-ring (bicyclic) bond motifs is 1. The van der Waals surface area contributed by atoms with Gasteiger partial charge in [-0.25, -0.2) is 4.98 Å². The summed E-state index contributed by atoms with van der Waals surface area (Å²) >= 11 is 0. The summed E-state index contributed by atoms with van der Waals surface area (Å²) in [5.41, 5.74) is 4.17. The molecule has 10 N–H and O–H groups in total. The molecule has 6 atom stereocenters. The van der Waals surface area contributed by atoms with Gasteiger partial charge in [0.05, 0.1) is 12.9 Å². The smallest absolute Gasteiger partial charge is 0.340 e. The standard InChI is InChI=1S/C12H21N5O15P4/c13-12-15-9-6(10(19)16-12)14-2-17(9)11-8(32-36(28,29)4-34(23,24)25)7(18)5(31-11)1-30-35(26,27)3-33(20,21)22/h2,5,7-8,11,18H,1,3-4H2,(H,26,27)(H,28,29)(H2,20,21,22)(H2,23,24,25)(H3,13,15,16,19)/t5-,7?,8?,11-/m1/s1. The minimum absolute atomic E-state index is 0.263. The molecule has 1 saturated heterocycles. The van der Waals surface area contributed by atoms with Crippen LogP contribution in [0.1, 0.15) is 6.23 Å². The van der Waals surface area contributed by atoms with Gasteiger partial charge < -0.3 is 49.5 Å². The number of nitrogens with two attached hydrogens (primary N) is 1. The number of H-pyrrole nitrogens is 1. The molecule has 0 aliphatic carbocycles. The Kier molecular flexibility index (Phi) is 8.19. The Bertz CT molecular complexity index is 1380. The fourth-order valence-electron chi connectivity index (χ4n) is 3.24. The van der Waals surface area contributed by atoms with Crippen molar-refractivity contribution in [1.82, 2.24) is 19.5 Å². The fraction of sp³-hybridized carbons (Fsp3) is 0.583. The summed E-state index contributed by atoms with van der Waals surface area (Å²) in [5.74, 6) is -3.57. The van der Waals surface area contributed by atoms with E-state index in [1.54, 1.807) is 0 Å². The Labute approximate surface area is 199 Å². The zero-order valence-corrected chi connectivity index (χ0v) is 21.2. The molecule has 1 fully saturated rings. The van der Waals surface area contributed by atoms with Gasteiger partial charge in [-0.15, -0.1) is 0 Å². The van der Waals surface area contributed by atoms with E-state index in [1.807, 2.05) is 0 Å². The number of hydrogen-bond acceptors (Lipinski definition) is 12. The number of imidazole rings is 1. The predicted molar refractivity (Wildman–Crippen MR) is 117 cm³/mol. The van der Waals surface area contributed by atoms with Crippen LogP contribution >= 0.6 is 30.4 Å². The van der Waals surface area contributed by atoms with Crippen LogP contribution in [0.15, 0.2) is 11.1 Å². The lowest BCUT2D eigenvalue weighted by molar-refractivity contribution is -0.0462. The van der Waals surface area contributed by atoms with Gasteiger partial charge in [0.2, 0.25) is 5.95 Å². The molecule has 36 heavy (non-hydrogen) atoms. The third-order valence-corrected chi connectivity index (χ3v) is 11.4. The zero-order valence-electron chi connectivity index (χ0n) is 17.6. The Balaban J connectivity index is 1.96. The average Bonchev–Trinajstić information content (AvgIpc) is 3.18. The number of nitrogens with zero attached hydrogens (tertiary/aromatic N) is 3. The summed E-state index contributed by atoms with van der Waals surface area (Å²) in [4.78, 5) is 77.4. The minimum atomic E-state index is -5.12. The van der Waals surface area contributed by atoms with Gasteiger partial charge in [0.1, 0.15) is 18.3 Å². The van der Waals surface area contributed by atoms with Gasteiger partial charge in [0.15, 0.2) is 29.2 Å². The summed E-state index contributed by atoms with van der Waals surface area (Å²) in [6.07, 6.45) is -6.33. The molecule has 2 aromatic heterocycles. The van der Waals surface area contributed by atoms with Gasteiger partial charge in [0.25, 0.3) is 5.56 Å². The Morgan fingerprint density at radius 3 is 2.22 bits per heavy atom. The molecule has 3 heterocycles. The lowest BCUT2D eigenvalue weighted by Gasteiger charge is -2.24. The number of aliphatic hydroxyl groups excluding tert-OH is 1. The molecule has 0 radical (unpaired) electrons. The van der Waals surface area contributed by atoms with Gasteiger partial charge >= 0.3 is 30.4 Å². The highest BCUT2D eigenvalue weighted by molar-refractivity contribution is 7.70. The van der Waals surface area contributed by atoms with Crippen molar-refractivity contribution in [3.05, 3.63) is 16.7 Å². The molecule has 1 aliphatic rings. The van der Waals surface area contributed by atoms with Crippen LogP contribution in [-0.2, 0) is 32.0 Å². The minimum Gasteiger partial charge on any atom is -0.387 e. The first kappa shape index (κ1) is 29.2. The van der Waals surface area contributed by atoms with E-state index in [-0.39, 0.29) is 17.1 Å².